The Labute approximate surface area is 115 Å². The van der Waals surface area contributed by atoms with Gasteiger partial charge in [0.2, 0.25) is 0 Å². The van der Waals surface area contributed by atoms with Crippen LogP contribution < -0.4 is 10.5 Å². The quantitative estimate of drug-likeness (QED) is 0.789. The molecule has 102 valence electrons. The predicted molar refractivity (Wildman–Crippen MR) is 77.2 cm³/mol. The van der Waals surface area contributed by atoms with Gasteiger partial charge in [0.1, 0.15) is 5.75 Å². The van der Waals surface area contributed by atoms with Crippen LogP contribution in [0.1, 0.15) is 25.3 Å². The van der Waals surface area contributed by atoms with Crippen LogP contribution >= 0.6 is 11.6 Å². The van der Waals surface area contributed by atoms with Crippen LogP contribution in [0, 0.1) is 0 Å². The Morgan fingerprint density at radius 3 is 2.72 bits per heavy atom. The van der Waals surface area contributed by atoms with Gasteiger partial charge in [-0.2, -0.15) is 0 Å². The van der Waals surface area contributed by atoms with E-state index in [1.165, 1.54) is 0 Å². The Hall–Kier alpha value is -0.770. The fraction of sp³-hybridized carbons (Fsp3) is 0.571. The molecule has 0 radical (unpaired) electrons. The third-order valence-electron chi connectivity index (χ3n) is 2.85. The van der Waals surface area contributed by atoms with Crippen LogP contribution in [-0.4, -0.2) is 31.6 Å². The van der Waals surface area contributed by atoms with Gasteiger partial charge < -0.3 is 10.5 Å². The van der Waals surface area contributed by atoms with Crippen LogP contribution in [0.25, 0.3) is 0 Å². The van der Waals surface area contributed by atoms with Gasteiger partial charge in [-0.15, -0.1) is 0 Å². The molecular weight excluding hydrogens is 248 g/mol. The summed E-state index contributed by atoms with van der Waals surface area (Å²) in [6.45, 7) is 5.85. The van der Waals surface area contributed by atoms with E-state index in [4.69, 9.17) is 22.1 Å². The second-order valence-corrected chi connectivity index (χ2v) is 4.81. The van der Waals surface area contributed by atoms with Gasteiger partial charge in [-0.3, -0.25) is 4.90 Å². The number of nitrogens with zero attached hydrogens (tertiary/aromatic N) is 1. The first-order valence-corrected chi connectivity index (χ1v) is 6.83. The molecule has 1 aromatic carbocycles. The molecule has 4 heteroatoms. The van der Waals surface area contributed by atoms with Crippen LogP contribution in [0.15, 0.2) is 18.2 Å². The van der Waals surface area contributed by atoms with Crippen molar-refractivity contribution in [1.29, 1.82) is 0 Å². The molecule has 2 N–H and O–H groups in total. The summed E-state index contributed by atoms with van der Waals surface area (Å²) in [4.78, 5) is 2.39. The molecule has 0 saturated heterocycles. The maximum absolute atomic E-state index is 6.04. The minimum Gasteiger partial charge on any atom is -0.496 e. The van der Waals surface area contributed by atoms with E-state index in [9.17, 15) is 0 Å². The molecule has 0 aliphatic carbocycles. The molecule has 0 bridgehead atoms. The molecule has 3 nitrogen and oxygen atoms in total. The number of hydrogen-bond donors (Lipinski definition) is 1. The highest BCUT2D eigenvalue weighted by molar-refractivity contribution is 6.30. The van der Waals surface area contributed by atoms with Crippen molar-refractivity contribution >= 4 is 11.6 Å². The maximum Gasteiger partial charge on any atom is 0.123 e. The molecule has 0 amide bonds. The molecule has 0 aliphatic heterocycles. The van der Waals surface area contributed by atoms with Gasteiger partial charge >= 0.3 is 0 Å². The molecule has 0 heterocycles. The zero-order valence-electron chi connectivity index (χ0n) is 11.3. The smallest absolute Gasteiger partial charge is 0.123 e. The van der Waals surface area contributed by atoms with E-state index in [-0.39, 0.29) is 0 Å². The Balaban J connectivity index is 2.74. The van der Waals surface area contributed by atoms with Crippen LogP contribution in [-0.2, 0) is 6.54 Å². The lowest BCUT2D eigenvalue weighted by Gasteiger charge is -2.22. The summed E-state index contributed by atoms with van der Waals surface area (Å²) in [5.74, 6) is 0.897. The van der Waals surface area contributed by atoms with E-state index in [0.717, 1.165) is 55.4 Å². The fourth-order valence-electron chi connectivity index (χ4n) is 2.01. The number of nitrogens with two attached hydrogens (primary N) is 1. The Kier molecular flexibility index (Phi) is 7.09. The molecule has 18 heavy (non-hydrogen) atoms. The molecular formula is C14H23ClN2O. The zero-order valence-corrected chi connectivity index (χ0v) is 12.0. The summed E-state index contributed by atoms with van der Waals surface area (Å²) in [6.07, 6.45) is 2.15. The molecule has 0 aromatic heterocycles. The van der Waals surface area contributed by atoms with Crippen molar-refractivity contribution in [3.05, 3.63) is 28.8 Å². The number of halogens is 1. The lowest BCUT2D eigenvalue weighted by molar-refractivity contribution is 0.259. The molecule has 0 unspecified atom stereocenters. The van der Waals surface area contributed by atoms with E-state index in [0.29, 0.717) is 0 Å². The van der Waals surface area contributed by atoms with Crippen molar-refractivity contribution in [3.63, 3.8) is 0 Å². The minimum atomic E-state index is 0.729. The highest BCUT2D eigenvalue weighted by atomic mass is 35.5. The molecule has 0 saturated carbocycles. The van der Waals surface area contributed by atoms with Gasteiger partial charge in [-0.1, -0.05) is 18.5 Å². The van der Waals surface area contributed by atoms with Crippen molar-refractivity contribution in [2.75, 3.05) is 26.7 Å². The van der Waals surface area contributed by atoms with Crippen LogP contribution in [0.5, 0.6) is 5.75 Å². The highest BCUT2D eigenvalue weighted by Gasteiger charge is 2.09. The minimum absolute atomic E-state index is 0.729. The van der Waals surface area contributed by atoms with Gasteiger partial charge in [-0.05, 0) is 50.7 Å². The number of rotatable bonds is 8. The van der Waals surface area contributed by atoms with E-state index in [1.807, 2.05) is 18.2 Å². The first-order valence-electron chi connectivity index (χ1n) is 6.46. The van der Waals surface area contributed by atoms with Crippen molar-refractivity contribution in [3.8, 4) is 5.75 Å². The number of benzene rings is 1. The summed E-state index contributed by atoms with van der Waals surface area (Å²) in [5.41, 5.74) is 6.71. The Morgan fingerprint density at radius 1 is 1.33 bits per heavy atom. The van der Waals surface area contributed by atoms with Gasteiger partial charge in [0.25, 0.3) is 0 Å². The molecule has 1 aromatic rings. The monoisotopic (exact) mass is 270 g/mol. The van der Waals surface area contributed by atoms with Gasteiger partial charge in [0.05, 0.1) is 7.11 Å². The summed E-state index contributed by atoms with van der Waals surface area (Å²) < 4.78 is 5.37. The van der Waals surface area contributed by atoms with Gasteiger partial charge in [0.15, 0.2) is 0 Å². The lowest BCUT2D eigenvalue weighted by atomic mass is 10.1. The summed E-state index contributed by atoms with van der Waals surface area (Å²) >= 11 is 6.04. The summed E-state index contributed by atoms with van der Waals surface area (Å²) in [5, 5.41) is 0.751. The first kappa shape index (κ1) is 15.3. The zero-order chi connectivity index (χ0) is 13.4. The standard InChI is InChI=1S/C14H23ClN2O/c1-3-8-17(9-4-7-16)11-12-10-13(15)5-6-14(12)18-2/h5-6,10H,3-4,7-9,11,16H2,1-2H3. The second kappa shape index (κ2) is 8.35. The average Bonchev–Trinajstić information content (AvgIpc) is 2.36. The van der Waals surface area contributed by atoms with Gasteiger partial charge in [0, 0.05) is 17.1 Å². The van der Waals surface area contributed by atoms with E-state index in [2.05, 4.69) is 11.8 Å². The largest absolute Gasteiger partial charge is 0.496 e. The van der Waals surface area contributed by atoms with Gasteiger partial charge in [-0.25, -0.2) is 0 Å². The third kappa shape index (κ3) is 4.84. The topological polar surface area (TPSA) is 38.5 Å². The normalized spacial score (nSPS) is 10.9. The van der Waals surface area contributed by atoms with E-state index >= 15 is 0 Å². The fourth-order valence-corrected chi connectivity index (χ4v) is 2.21. The van der Waals surface area contributed by atoms with Crippen LogP contribution in [0.4, 0.5) is 0 Å². The molecule has 0 atom stereocenters. The second-order valence-electron chi connectivity index (χ2n) is 4.37. The SMILES string of the molecule is CCCN(CCCN)Cc1cc(Cl)ccc1OC. The van der Waals surface area contributed by atoms with E-state index < -0.39 is 0 Å². The Morgan fingerprint density at radius 2 is 2.11 bits per heavy atom. The number of ether oxygens (including phenoxy) is 1. The van der Waals surface area contributed by atoms with Crippen molar-refractivity contribution in [1.82, 2.24) is 4.90 Å². The average molecular weight is 271 g/mol. The third-order valence-corrected chi connectivity index (χ3v) is 3.09. The van der Waals surface area contributed by atoms with Crippen molar-refractivity contribution < 1.29 is 4.74 Å². The van der Waals surface area contributed by atoms with Crippen molar-refractivity contribution in [2.45, 2.75) is 26.3 Å². The maximum atomic E-state index is 6.04. The number of hydrogen-bond acceptors (Lipinski definition) is 3. The van der Waals surface area contributed by atoms with Crippen LogP contribution in [0.3, 0.4) is 0 Å². The summed E-state index contributed by atoms with van der Waals surface area (Å²) in [7, 11) is 1.69. The summed E-state index contributed by atoms with van der Waals surface area (Å²) in [6, 6.07) is 5.75. The molecule has 0 fully saturated rings. The molecule has 0 aliphatic rings. The predicted octanol–water partition coefficient (Wildman–Crippen LogP) is 2.91. The van der Waals surface area contributed by atoms with E-state index in [1.54, 1.807) is 7.11 Å². The molecule has 0 spiro atoms. The number of methoxy groups -OCH3 is 1. The Bertz CT molecular complexity index is 358. The first-order chi connectivity index (χ1) is 8.71. The molecule has 1 rings (SSSR count). The highest BCUT2D eigenvalue weighted by Crippen LogP contribution is 2.24. The van der Waals surface area contributed by atoms with Crippen LogP contribution in [0.2, 0.25) is 5.02 Å². The lowest BCUT2D eigenvalue weighted by Crippen LogP contribution is -2.27. The van der Waals surface area contributed by atoms with Crippen molar-refractivity contribution in [2.24, 2.45) is 5.73 Å².